The number of ether oxygens (including phenoxy) is 2. The predicted octanol–water partition coefficient (Wildman–Crippen LogP) is 0.723. The van der Waals surface area contributed by atoms with Crippen molar-refractivity contribution >= 4 is 0 Å². The summed E-state index contributed by atoms with van der Waals surface area (Å²) in [6, 6.07) is 0. The number of hydrogen-bond donors (Lipinski definition) is 1. The van der Waals surface area contributed by atoms with Crippen LogP contribution in [0.5, 0.6) is 0 Å². The Morgan fingerprint density at radius 2 is 2.06 bits per heavy atom. The zero-order chi connectivity index (χ0) is 11.9. The molecule has 0 saturated carbocycles. The second-order valence-electron chi connectivity index (χ2n) is 5.14. The topological polar surface area (TPSA) is 33.7 Å². The van der Waals surface area contributed by atoms with Crippen molar-refractivity contribution in [2.75, 3.05) is 52.5 Å². The second-order valence-corrected chi connectivity index (χ2v) is 5.14. The molecule has 0 aromatic rings. The Balaban J connectivity index is 1.45. The summed E-state index contributed by atoms with van der Waals surface area (Å²) < 4.78 is 10.9. The van der Waals surface area contributed by atoms with Crippen molar-refractivity contribution in [2.24, 2.45) is 5.92 Å². The van der Waals surface area contributed by atoms with Crippen LogP contribution in [0, 0.1) is 5.92 Å². The molecule has 0 aliphatic carbocycles. The highest BCUT2D eigenvalue weighted by molar-refractivity contribution is 4.74. The van der Waals surface area contributed by atoms with Crippen LogP contribution in [0.4, 0.5) is 0 Å². The zero-order valence-electron chi connectivity index (χ0n) is 11.0. The fourth-order valence-corrected chi connectivity index (χ4v) is 2.58. The minimum Gasteiger partial charge on any atom is -0.379 e. The summed E-state index contributed by atoms with van der Waals surface area (Å²) in [6.45, 7) is 10.6. The molecule has 2 fully saturated rings. The van der Waals surface area contributed by atoms with Crippen LogP contribution >= 0.6 is 0 Å². The highest BCUT2D eigenvalue weighted by Crippen LogP contribution is 2.19. The molecule has 0 radical (unpaired) electrons. The monoisotopic (exact) mass is 242 g/mol. The van der Waals surface area contributed by atoms with Crippen LogP contribution in [0.25, 0.3) is 0 Å². The van der Waals surface area contributed by atoms with E-state index in [1.807, 2.05) is 0 Å². The third kappa shape index (κ3) is 4.54. The Morgan fingerprint density at radius 1 is 1.24 bits per heavy atom. The maximum atomic E-state index is 5.56. The summed E-state index contributed by atoms with van der Waals surface area (Å²) in [5.41, 5.74) is 0. The molecule has 2 atom stereocenters. The molecule has 2 heterocycles. The highest BCUT2D eigenvalue weighted by Gasteiger charge is 2.23. The van der Waals surface area contributed by atoms with Crippen molar-refractivity contribution in [2.45, 2.75) is 25.9 Å². The van der Waals surface area contributed by atoms with E-state index in [0.29, 0.717) is 6.10 Å². The Hall–Kier alpha value is -0.160. The molecule has 2 saturated heterocycles. The fraction of sp³-hybridized carbons (Fsp3) is 1.00. The first-order valence-corrected chi connectivity index (χ1v) is 6.98. The summed E-state index contributed by atoms with van der Waals surface area (Å²) in [5.74, 6) is 0.721. The Labute approximate surface area is 105 Å². The lowest BCUT2D eigenvalue weighted by Gasteiger charge is -2.26. The lowest BCUT2D eigenvalue weighted by Crippen LogP contribution is -2.38. The number of nitrogens with one attached hydrogen (secondary N) is 1. The van der Waals surface area contributed by atoms with Crippen molar-refractivity contribution in [3.8, 4) is 0 Å². The van der Waals surface area contributed by atoms with E-state index in [1.165, 1.54) is 19.4 Å². The SMILES string of the molecule is CC1OCCC1CNCCCN1CCOCC1. The normalized spacial score (nSPS) is 30.9. The molecule has 100 valence electrons. The molecule has 2 rings (SSSR count). The van der Waals surface area contributed by atoms with Crippen LogP contribution in [-0.2, 0) is 9.47 Å². The molecular formula is C13H26N2O2. The molecule has 2 aliphatic heterocycles. The van der Waals surface area contributed by atoms with Gasteiger partial charge in [-0.3, -0.25) is 4.90 Å². The third-order valence-corrected chi connectivity index (χ3v) is 3.87. The standard InChI is InChI=1S/C13H26N2O2/c1-12-13(3-8-17-12)11-14-4-2-5-15-6-9-16-10-7-15/h12-14H,2-11H2,1H3. The van der Waals surface area contributed by atoms with Gasteiger partial charge >= 0.3 is 0 Å². The maximum Gasteiger partial charge on any atom is 0.0594 e. The van der Waals surface area contributed by atoms with E-state index in [9.17, 15) is 0 Å². The van der Waals surface area contributed by atoms with Gasteiger partial charge in [0.15, 0.2) is 0 Å². The smallest absolute Gasteiger partial charge is 0.0594 e. The Morgan fingerprint density at radius 3 is 2.76 bits per heavy atom. The van der Waals surface area contributed by atoms with Gasteiger partial charge in [-0.15, -0.1) is 0 Å². The van der Waals surface area contributed by atoms with Gasteiger partial charge in [0.2, 0.25) is 0 Å². The van der Waals surface area contributed by atoms with Crippen molar-refractivity contribution in [3.63, 3.8) is 0 Å². The van der Waals surface area contributed by atoms with E-state index in [4.69, 9.17) is 9.47 Å². The minimum absolute atomic E-state index is 0.446. The van der Waals surface area contributed by atoms with Gasteiger partial charge < -0.3 is 14.8 Å². The fourth-order valence-electron chi connectivity index (χ4n) is 2.58. The van der Waals surface area contributed by atoms with Crippen molar-refractivity contribution in [1.29, 1.82) is 0 Å². The van der Waals surface area contributed by atoms with Crippen LogP contribution in [0.15, 0.2) is 0 Å². The van der Waals surface area contributed by atoms with Crippen LogP contribution in [-0.4, -0.2) is 63.5 Å². The highest BCUT2D eigenvalue weighted by atomic mass is 16.5. The second kappa shape index (κ2) is 7.31. The van der Waals surface area contributed by atoms with Crippen LogP contribution in [0.3, 0.4) is 0 Å². The molecular weight excluding hydrogens is 216 g/mol. The number of hydrogen-bond acceptors (Lipinski definition) is 4. The van der Waals surface area contributed by atoms with Crippen LogP contribution in [0.2, 0.25) is 0 Å². The molecule has 4 nitrogen and oxygen atoms in total. The average Bonchev–Trinajstić information content (AvgIpc) is 2.76. The molecule has 0 amide bonds. The summed E-state index contributed by atoms with van der Waals surface area (Å²) in [6.07, 6.45) is 2.90. The Bertz CT molecular complexity index is 208. The van der Waals surface area contributed by atoms with Crippen molar-refractivity contribution in [3.05, 3.63) is 0 Å². The van der Waals surface area contributed by atoms with E-state index < -0.39 is 0 Å². The molecule has 2 aliphatic rings. The van der Waals surface area contributed by atoms with Gasteiger partial charge in [0.1, 0.15) is 0 Å². The predicted molar refractivity (Wildman–Crippen MR) is 68.3 cm³/mol. The van der Waals surface area contributed by atoms with E-state index >= 15 is 0 Å². The summed E-state index contributed by atoms with van der Waals surface area (Å²) in [5, 5.41) is 3.56. The lowest BCUT2D eigenvalue weighted by atomic mass is 10.0. The van der Waals surface area contributed by atoms with Crippen molar-refractivity contribution < 1.29 is 9.47 Å². The maximum absolute atomic E-state index is 5.56. The van der Waals surface area contributed by atoms with Crippen molar-refractivity contribution in [1.82, 2.24) is 10.2 Å². The molecule has 0 spiro atoms. The van der Waals surface area contributed by atoms with E-state index in [2.05, 4.69) is 17.1 Å². The molecule has 0 bridgehead atoms. The number of nitrogens with zero attached hydrogens (tertiary/aromatic N) is 1. The Kier molecular flexibility index (Phi) is 5.71. The van der Waals surface area contributed by atoms with Gasteiger partial charge in [-0.1, -0.05) is 0 Å². The summed E-state index contributed by atoms with van der Waals surface area (Å²) in [7, 11) is 0. The number of rotatable bonds is 6. The molecule has 17 heavy (non-hydrogen) atoms. The zero-order valence-corrected chi connectivity index (χ0v) is 11.0. The van der Waals surface area contributed by atoms with Gasteiger partial charge in [-0.25, -0.2) is 0 Å². The summed E-state index contributed by atoms with van der Waals surface area (Å²) >= 11 is 0. The average molecular weight is 242 g/mol. The third-order valence-electron chi connectivity index (χ3n) is 3.87. The first-order valence-electron chi connectivity index (χ1n) is 6.98. The van der Waals surface area contributed by atoms with Gasteiger partial charge in [0.25, 0.3) is 0 Å². The van der Waals surface area contributed by atoms with Gasteiger partial charge in [-0.05, 0) is 38.8 Å². The quantitative estimate of drug-likeness (QED) is 0.696. The van der Waals surface area contributed by atoms with Crippen LogP contribution in [0.1, 0.15) is 19.8 Å². The van der Waals surface area contributed by atoms with E-state index in [-0.39, 0.29) is 0 Å². The van der Waals surface area contributed by atoms with Gasteiger partial charge in [0, 0.05) is 26.2 Å². The van der Waals surface area contributed by atoms with Gasteiger partial charge in [-0.2, -0.15) is 0 Å². The first kappa shape index (κ1) is 13.3. The summed E-state index contributed by atoms with van der Waals surface area (Å²) in [4.78, 5) is 2.49. The molecule has 4 heteroatoms. The largest absolute Gasteiger partial charge is 0.379 e. The van der Waals surface area contributed by atoms with E-state index in [1.54, 1.807) is 0 Å². The van der Waals surface area contributed by atoms with Crippen LogP contribution < -0.4 is 5.32 Å². The first-order chi connectivity index (χ1) is 8.36. The number of morpholine rings is 1. The lowest BCUT2D eigenvalue weighted by molar-refractivity contribution is 0.0374. The molecule has 0 aromatic heterocycles. The van der Waals surface area contributed by atoms with Gasteiger partial charge in [0.05, 0.1) is 19.3 Å². The molecule has 0 aromatic carbocycles. The molecule has 1 N–H and O–H groups in total. The molecule has 2 unspecified atom stereocenters. The van der Waals surface area contributed by atoms with E-state index in [0.717, 1.165) is 51.9 Å². The minimum atomic E-state index is 0.446.